The maximum absolute atomic E-state index is 12.1. The van der Waals surface area contributed by atoms with Crippen molar-refractivity contribution in [2.75, 3.05) is 26.2 Å². The monoisotopic (exact) mass is 254 g/mol. The molecule has 1 aliphatic carbocycles. The zero-order chi connectivity index (χ0) is 13.3. The third kappa shape index (κ3) is 2.83. The lowest BCUT2D eigenvalue weighted by Gasteiger charge is -2.23. The molecule has 2 aliphatic rings. The van der Waals surface area contributed by atoms with Gasteiger partial charge in [-0.25, -0.2) is 0 Å². The Morgan fingerprint density at radius 2 is 2.00 bits per heavy atom. The van der Waals surface area contributed by atoms with Crippen LogP contribution in [0.25, 0.3) is 0 Å². The first-order valence-corrected chi connectivity index (χ1v) is 6.77. The lowest BCUT2D eigenvalue weighted by atomic mass is 9.99. The van der Waals surface area contributed by atoms with Crippen molar-refractivity contribution in [2.24, 2.45) is 11.8 Å². The van der Waals surface area contributed by atoms with Gasteiger partial charge in [0.15, 0.2) is 0 Å². The van der Waals surface area contributed by atoms with Crippen molar-refractivity contribution in [3.8, 4) is 0 Å². The van der Waals surface area contributed by atoms with Gasteiger partial charge in [-0.15, -0.1) is 0 Å². The van der Waals surface area contributed by atoms with Crippen LogP contribution < -0.4 is 0 Å². The van der Waals surface area contributed by atoms with Crippen molar-refractivity contribution in [1.29, 1.82) is 0 Å². The topological polar surface area (TPSA) is 60.9 Å². The number of likely N-dealkylation sites (tertiary alicyclic amines) is 1. The van der Waals surface area contributed by atoms with Crippen LogP contribution in [0.2, 0.25) is 0 Å². The number of hydrogen-bond donors (Lipinski definition) is 1. The Hall–Kier alpha value is -1.10. The molecule has 1 saturated heterocycles. The predicted molar refractivity (Wildman–Crippen MR) is 67.1 cm³/mol. The van der Waals surface area contributed by atoms with Gasteiger partial charge >= 0.3 is 5.97 Å². The van der Waals surface area contributed by atoms with Crippen LogP contribution in [0, 0.1) is 11.8 Å². The van der Waals surface area contributed by atoms with E-state index in [9.17, 15) is 9.59 Å². The molecule has 1 aliphatic heterocycles. The summed E-state index contributed by atoms with van der Waals surface area (Å²) in [7, 11) is 0. The molecule has 2 rings (SSSR count). The fraction of sp³-hybridized carbons (Fsp3) is 0.846. The number of likely N-dealkylation sites (N-methyl/N-ethyl adjacent to an activating group) is 1. The Morgan fingerprint density at radius 3 is 2.44 bits per heavy atom. The average Bonchev–Trinajstić information content (AvgIpc) is 3.04. The highest BCUT2D eigenvalue weighted by Gasteiger charge is 2.37. The molecule has 1 N–H and O–H groups in total. The van der Waals surface area contributed by atoms with Crippen molar-refractivity contribution in [3.05, 3.63) is 0 Å². The molecule has 0 aromatic carbocycles. The highest BCUT2D eigenvalue weighted by molar-refractivity contribution is 5.79. The Bertz CT molecular complexity index is 341. The third-order valence-electron chi connectivity index (χ3n) is 4.01. The number of carbonyl (C=O) groups is 2. The number of amides is 1. The van der Waals surface area contributed by atoms with Gasteiger partial charge < -0.3 is 10.0 Å². The molecule has 102 valence electrons. The summed E-state index contributed by atoms with van der Waals surface area (Å²) in [6.45, 7) is 6.30. The number of nitrogens with zero attached hydrogens (tertiary/aromatic N) is 2. The van der Waals surface area contributed by atoms with Gasteiger partial charge in [0.25, 0.3) is 0 Å². The molecule has 18 heavy (non-hydrogen) atoms. The summed E-state index contributed by atoms with van der Waals surface area (Å²) in [5.41, 5.74) is 0. The van der Waals surface area contributed by atoms with Gasteiger partial charge in [0, 0.05) is 25.7 Å². The SMILES string of the molecule is CCN(C(=O)CN1CC(C)C(C(=O)O)C1)C1CC1. The first-order chi connectivity index (χ1) is 8.52. The van der Waals surface area contributed by atoms with Crippen molar-refractivity contribution in [3.63, 3.8) is 0 Å². The highest BCUT2D eigenvalue weighted by atomic mass is 16.4. The van der Waals surface area contributed by atoms with Crippen LogP contribution in [0.3, 0.4) is 0 Å². The normalized spacial score (nSPS) is 28.3. The van der Waals surface area contributed by atoms with E-state index in [-0.39, 0.29) is 17.7 Å². The van der Waals surface area contributed by atoms with Gasteiger partial charge in [-0.3, -0.25) is 14.5 Å². The summed E-state index contributed by atoms with van der Waals surface area (Å²) < 4.78 is 0. The second-order valence-corrected chi connectivity index (χ2v) is 5.53. The largest absolute Gasteiger partial charge is 0.481 e. The number of rotatable bonds is 5. The van der Waals surface area contributed by atoms with Crippen LogP contribution in [-0.4, -0.2) is 59.0 Å². The van der Waals surface area contributed by atoms with Gasteiger partial charge in [-0.05, 0) is 25.7 Å². The molecule has 1 amide bonds. The Balaban J connectivity index is 1.86. The van der Waals surface area contributed by atoms with E-state index in [1.54, 1.807) is 0 Å². The molecule has 0 aromatic rings. The van der Waals surface area contributed by atoms with E-state index in [0.717, 1.165) is 19.4 Å². The molecular formula is C13H22N2O3. The summed E-state index contributed by atoms with van der Waals surface area (Å²) >= 11 is 0. The first kappa shape index (κ1) is 13.3. The number of hydrogen-bond acceptors (Lipinski definition) is 3. The van der Waals surface area contributed by atoms with Crippen molar-refractivity contribution in [2.45, 2.75) is 32.7 Å². The van der Waals surface area contributed by atoms with Crippen molar-refractivity contribution in [1.82, 2.24) is 9.80 Å². The van der Waals surface area contributed by atoms with Gasteiger partial charge in [-0.2, -0.15) is 0 Å². The molecule has 0 bridgehead atoms. The van der Waals surface area contributed by atoms with E-state index in [1.165, 1.54) is 0 Å². The fourth-order valence-corrected chi connectivity index (χ4v) is 2.82. The van der Waals surface area contributed by atoms with E-state index in [1.807, 2.05) is 23.6 Å². The molecule has 5 nitrogen and oxygen atoms in total. The molecule has 0 radical (unpaired) electrons. The summed E-state index contributed by atoms with van der Waals surface area (Å²) in [5, 5.41) is 9.07. The molecule has 0 spiro atoms. The number of aliphatic carboxylic acids is 1. The molecule has 5 heteroatoms. The Morgan fingerprint density at radius 1 is 1.33 bits per heavy atom. The second kappa shape index (κ2) is 5.26. The van der Waals surface area contributed by atoms with E-state index in [4.69, 9.17) is 5.11 Å². The van der Waals surface area contributed by atoms with E-state index in [2.05, 4.69) is 0 Å². The predicted octanol–water partition coefficient (Wildman–Crippen LogP) is 0.650. The molecule has 2 unspecified atom stereocenters. The van der Waals surface area contributed by atoms with Gasteiger partial charge in [0.2, 0.25) is 5.91 Å². The minimum Gasteiger partial charge on any atom is -0.481 e. The molecular weight excluding hydrogens is 232 g/mol. The lowest BCUT2D eigenvalue weighted by Crippen LogP contribution is -2.41. The number of carboxylic acid groups (broad SMARTS) is 1. The maximum atomic E-state index is 12.1. The molecule has 1 saturated carbocycles. The van der Waals surface area contributed by atoms with Crippen LogP contribution in [0.1, 0.15) is 26.7 Å². The van der Waals surface area contributed by atoms with Crippen molar-refractivity contribution >= 4 is 11.9 Å². The first-order valence-electron chi connectivity index (χ1n) is 6.77. The molecule has 0 aromatic heterocycles. The fourth-order valence-electron chi connectivity index (χ4n) is 2.82. The Labute approximate surface area is 108 Å². The second-order valence-electron chi connectivity index (χ2n) is 5.53. The van der Waals surface area contributed by atoms with E-state index in [0.29, 0.717) is 25.7 Å². The van der Waals surface area contributed by atoms with Gasteiger partial charge in [0.1, 0.15) is 0 Å². The summed E-state index contributed by atoms with van der Waals surface area (Å²) in [5.74, 6) is -0.787. The number of carbonyl (C=O) groups excluding carboxylic acids is 1. The van der Waals surface area contributed by atoms with E-state index < -0.39 is 5.97 Å². The van der Waals surface area contributed by atoms with E-state index >= 15 is 0 Å². The van der Waals surface area contributed by atoms with Crippen LogP contribution >= 0.6 is 0 Å². The maximum Gasteiger partial charge on any atom is 0.308 e. The third-order valence-corrected chi connectivity index (χ3v) is 4.01. The number of carboxylic acids is 1. The standard InChI is InChI=1S/C13H22N2O3/c1-3-15(10-4-5-10)12(16)8-14-6-9(2)11(7-14)13(17)18/h9-11H,3-8H2,1-2H3,(H,17,18). The highest BCUT2D eigenvalue weighted by Crippen LogP contribution is 2.27. The average molecular weight is 254 g/mol. The lowest BCUT2D eigenvalue weighted by molar-refractivity contribution is -0.142. The quantitative estimate of drug-likeness (QED) is 0.782. The zero-order valence-electron chi connectivity index (χ0n) is 11.1. The van der Waals surface area contributed by atoms with Crippen LogP contribution in [-0.2, 0) is 9.59 Å². The van der Waals surface area contributed by atoms with Gasteiger partial charge in [-0.1, -0.05) is 6.92 Å². The molecule has 2 fully saturated rings. The zero-order valence-corrected chi connectivity index (χ0v) is 11.1. The molecule has 1 heterocycles. The van der Waals surface area contributed by atoms with Crippen molar-refractivity contribution < 1.29 is 14.7 Å². The van der Waals surface area contributed by atoms with Crippen LogP contribution in [0.5, 0.6) is 0 Å². The Kier molecular flexibility index (Phi) is 3.90. The summed E-state index contributed by atoms with van der Waals surface area (Å²) in [6.07, 6.45) is 2.24. The smallest absolute Gasteiger partial charge is 0.308 e. The summed E-state index contributed by atoms with van der Waals surface area (Å²) in [6, 6.07) is 0.442. The van der Waals surface area contributed by atoms with Crippen LogP contribution in [0.15, 0.2) is 0 Å². The molecule has 2 atom stereocenters. The van der Waals surface area contributed by atoms with Gasteiger partial charge in [0.05, 0.1) is 12.5 Å². The minimum atomic E-state index is -0.744. The summed E-state index contributed by atoms with van der Waals surface area (Å²) in [4.78, 5) is 27.1. The van der Waals surface area contributed by atoms with Crippen LogP contribution in [0.4, 0.5) is 0 Å². The minimum absolute atomic E-state index is 0.131.